The standard InChI is InChI=1S/C17H26ClN/c1-3-10-17(11-4-2,13-19-16-8-9-16)14-6-5-7-15(18)12-14/h5-7,12,16,19H,3-4,8-11,13H2,1-2H3. The summed E-state index contributed by atoms with van der Waals surface area (Å²) >= 11 is 6.21. The first-order valence-corrected chi connectivity index (χ1v) is 8.07. The molecule has 106 valence electrons. The maximum atomic E-state index is 6.21. The van der Waals surface area contributed by atoms with Crippen LogP contribution in [0.15, 0.2) is 24.3 Å². The van der Waals surface area contributed by atoms with Crippen molar-refractivity contribution in [3.8, 4) is 0 Å². The topological polar surface area (TPSA) is 12.0 Å². The quantitative estimate of drug-likeness (QED) is 0.711. The molecule has 1 aliphatic rings. The highest BCUT2D eigenvalue weighted by molar-refractivity contribution is 6.30. The first kappa shape index (κ1) is 14.9. The van der Waals surface area contributed by atoms with Crippen LogP contribution in [0.3, 0.4) is 0 Å². The highest BCUT2D eigenvalue weighted by atomic mass is 35.5. The molecule has 1 fully saturated rings. The third kappa shape index (κ3) is 3.97. The fourth-order valence-corrected chi connectivity index (χ4v) is 3.29. The van der Waals surface area contributed by atoms with E-state index < -0.39 is 0 Å². The maximum Gasteiger partial charge on any atom is 0.0408 e. The second-order valence-electron chi connectivity index (χ2n) is 5.95. The molecule has 1 nitrogen and oxygen atoms in total. The Labute approximate surface area is 122 Å². The molecule has 2 rings (SSSR count). The Bertz CT molecular complexity index is 392. The molecule has 1 N–H and O–H groups in total. The molecule has 0 unspecified atom stereocenters. The first-order chi connectivity index (χ1) is 9.20. The van der Waals surface area contributed by atoms with E-state index in [2.05, 4.69) is 37.4 Å². The van der Waals surface area contributed by atoms with Crippen LogP contribution in [0.4, 0.5) is 0 Å². The van der Waals surface area contributed by atoms with Gasteiger partial charge in [0.25, 0.3) is 0 Å². The Balaban J connectivity index is 2.22. The van der Waals surface area contributed by atoms with Crippen LogP contribution in [0.25, 0.3) is 0 Å². The minimum atomic E-state index is 0.261. The third-order valence-electron chi connectivity index (χ3n) is 4.20. The van der Waals surface area contributed by atoms with Gasteiger partial charge in [-0.1, -0.05) is 50.4 Å². The summed E-state index contributed by atoms with van der Waals surface area (Å²) in [6.07, 6.45) is 7.62. The average Bonchev–Trinajstić information content (AvgIpc) is 3.20. The highest BCUT2D eigenvalue weighted by Crippen LogP contribution is 2.36. The van der Waals surface area contributed by atoms with Crippen molar-refractivity contribution in [2.75, 3.05) is 6.54 Å². The van der Waals surface area contributed by atoms with Gasteiger partial charge in [-0.05, 0) is 43.4 Å². The van der Waals surface area contributed by atoms with Gasteiger partial charge in [-0.2, -0.15) is 0 Å². The van der Waals surface area contributed by atoms with Crippen LogP contribution in [0.1, 0.15) is 57.9 Å². The molecule has 0 spiro atoms. The molecule has 0 aromatic heterocycles. The summed E-state index contributed by atoms with van der Waals surface area (Å²) in [4.78, 5) is 0. The van der Waals surface area contributed by atoms with E-state index in [0.29, 0.717) is 0 Å². The van der Waals surface area contributed by atoms with Gasteiger partial charge in [0, 0.05) is 23.0 Å². The summed E-state index contributed by atoms with van der Waals surface area (Å²) in [7, 11) is 0. The number of nitrogens with one attached hydrogen (secondary N) is 1. The van der Waals surface area contributed by atoms with Crippen molar-refractivity contribution >= 4 is 11.6 Å². The van der Waals surface area contributed by atoms with Gasteiger partial charge in [-0.3, -0.25) is 0 Å². The Morgan fingerprint density at radius 3 is 2.42 bits per heavy atom. The summed E-state index contributed by atoms with van der Waals surface area (Å²) in [5, 5.41) is 4.60. The molecule has 0 heterocycles. The summed E-state index contributed by atoms with van der Waals surface area (Å²) in [6, 6.07) is 9.26. The number of benzene rings is 1. The van der Waals surface area contributed by atoms with Gasteiger partial charge in [-0.25, -0.2) is 0 Å². The lowest BCUT2D eigenvalue weighted by molar-refractivity contribution is 0.334. The maximum absolute atomic E-state index is 6.21. The Morgan fingerprint density at radius 2 is 1.89 bits per heavy atom. The van der Waals surface area contributed by atoms with Crippen molar-refractivity contribution in [2.24, 2.45) is 0 Å². The minimum Gasteiger partial charge on any atom is -0.313 e. The monoisotopic (exact) mass is 279 g/mol. The SMILES string of the molecule is CCCC(CCC)(CNC1CC1)c1cccc(Cl)c1. The molecule has 0 saturated heterocycles. The Morgan fingerprint density at radius 1 is 1.21 bits per heavy atom. The first-order valence-electron chi connectivity index (χ1n) is 7.69. The normalized spacial score (nSPS) is 15.7. The minimum absolute atomic E-state index is 0.261. The van der Waals surface area contributed by atoms with Gasteiger partial charge < -0.3 is 5.32 Å². The molecule has 0 radical (unpaired) electrons. The summed E-state index contributed by atoms with van der Waals surface area (Å²) in [5.41, 5.74) is 1.67. The fourth-order valence-electron chi connectivity index (χ4n) is 3.10. The summed E-state index contributed by atoms with van der Waals surface area (Å²) < 4.78 is 0. The molecule has 2 heteroatoms. The van der Waals surface area contributed by atoms with E-state index in [9.17, 15) is 0 Å². The Kier molecular flexibility index (Phi) is 5.29. The molecule has 0 amide bonds. The van der Waals surface area contributed by atoms with E-state index in [1.165, 1.54) is 44.1 Å². The van der Waals surface area contributed by atoms with E-state index in [4.69, 9.17) is 11.6 Å². The molecular formula is C17H26ClN. The van der Waals surface area contributed by atoms with E-state index in [1.54, 1.807) is 0 Å². The van der Waals surface area contributed by atoms with Gasteiger partial charge in [-0.15, -0.1) is 0 Å². The predicted octanol–water partition coefficient (Wildman–Crippen LogP) is 4.93. The smallest absolute Gasteiger partial charge is 0.0408 e. The second kappa shape index (κ2) is 6.76. The number of hydrogen-bond donors (Lipinski definition) is 1. The van der Waals surface area contributed by atoms with Crippen LogP contribution in [0.5, 0.6) is 0 Å². The fraction of sp³-hybridized carbons (Fsp3) is 0.647. The van der Waals surface area contributed by atoms with Gasteiger partial charge in [0.1, 0.15) is 0 Å². The van der Waals surface area contributed by atoms with Crippen LogP contribution in [0.2, 0.25) is 5.02 Å². The molecule has 1 aromatic carbocycles. The average molecular weight is 280 g/mol. The Hall–Kier alpha value is -0.530. The summed E-state index contributed by atoms with van der Waals surface area (Å²) in [5.74, 6) is 0. The summed E-state index contributed by atoms with van der Waals surface area (Å²) in [6.45, 7) is 5.66. The number of halogens is 1. The number of hydrogen-bond acceptors (Lipinski definition) is 1. The van der Waals surface area contributed by atoms with Crippen LogP contribution < -0.4 is 5.32 Å². The van der Waals surface area contributed by atoms with Crippen LogP contribution in [0, 0.1) is 0 Å². The van der Waals surface area contributed by atoms with Crippen molar-refractivity contribution in [2.45, 2.75) is 63.8 Å². The zero-order valence-electron chi connectivity index (χ0n) is 12.2. The molecule has 0 bridgehead atoms. The number of rotatable bonds is 8. The van der Waals surface area contributed by atoms with Crippen molar-refractivity contribution < 1.29 is 0 Å². The van der Waals surface area contributed by atoms with E-state index in [1.807, 2.05) is 6.07 Å². The lowest BCUT2D eigenvalue weighted by atomic mass is 9.73. The van der Waals surface area contributed by atoms with Crippen molar-refractivity contribution in [3.63, 3.8) is 0 Å². The predicted molar refractivity (Wildman–Crippen MR) is 84.0 cm³/mol. The van der Waals surface area contributed by atoms with Crippen LogP contribution in [-0.2, 0) is 5.41 Å². The van der Waals surface area contributed by atoms with Crippen molar-refractivity contribution in [1.29, 1.82) is 0 Å². The highest BCUT2D eigenvalue weighted by Gasteiger charge is 2.33. The van der Waals surface area contributed by atoms with Gasteiger partial charge in [0.15, 0.2) is 0 Å². The second-order valence-corrected chi connectivity index (χ2v) is 6.38. The molecule has 1 saturated carbocycles. The van der Waals surface area contributed by atoms with E-state index >= 15 is 0 Å². The molecular weight excluding hydrogens is 254 g/mol. The van der Waals surface area contributed by atoms with Gasteiger partial charge in [0.2, 0.25) is 0 Å². The van der Waals surface area contributed by atoms with Gasteiger partial charge >= 0.3 is 0 Å². The van der Waals surface area contributed by atoms with E-state index in [-0.39, 0.29) is 5.41 Å². The van der Waals surface area contributed by atoms with Crippen LogP contribution in [-0.4, -0.2) is 12.6 Å². The molecule has 0 atom stereocenters. The van der Waals surface area contributed by atoms with E-state index in [0.717, 1.165) is 17.6 Å². The third-order valence-corrected chi connectivity index (χ3v) is 4.44. The van der Waals surface area contributed by atoms with Crippen molar-refractivity contribution in [1.82, 2.24) is 5.32 Å². The molecule has 19 heavy (non-hydrogen) atoms. The lowest BCUT2D eigenvalue weighted by Gasteiger charge is -2.35. The van der Waals surface area contributed by atoms with Gasteiger partial charge in [0.05, 0.1) is 0 Å². The van der Waals surface area contributed by atoms with Crippen molar-refractivity contribution in [3.05, 3.63) is 34.9 Å². The molecule has 1 aliphatic carbocycles. The lowest BCUT2D eigenvalue weighted by Crippen LogP contribution is -2.39. The largest absolute Gasteiger partial charge is 0.313 e. The zero-order valence-corrected chi connectivity index (χ0v) is 13.0. The molecule has 0 aliphatic heterocycles. The zero-order chi connectivity index (χ0) is 13.7. The molecule has 1 aromatic rings. The van der Waals surface area contributed by atoms with Crippen LogP contribution >= 0.6 is 11.6 Å².